The smallest absolute Gasteiger partial charge is 0.253 e. The van der Waals surface area contributed by atoms with Gasteiger partial charge >= 0.3 is 0 Å². The molecule has 0 aliphatic carbocycles. The second-order valence-electron chi connectivity index (χ2n) is 2.83. The van der Waals surface area contributed by atoms with E-state index in [4.69, 9.17) is 0 Å². The maximum atomic E-state index is 11.6. The molecule has 0 N–H and O–H groups in total. The Hall–Kier alpha value is -0.220. The summed E-state index contributed by atoms with van der Waals surface area (Å²) >= 11 is 5.11. The fourth-order valence-electron chi connectivity index (χ4n) is 1.10. The summed E-state index contributed by atoms with van der Waals surface area (Å²) in [6.07, 6.45) is 3.88. The van der Waals surface area contributed by atoms with Gasteiger partial charge in [-0.3, -0.25) is 4.79 Å². The zero-order valence-corrected chi connectivity index (χ0v) is 10.1. The van der Waals surface area contributed by atoms with Crippen molar-refractivity contribution in [3.63, 3.8) is 0 Å². The Labute approximate surface area is 90.5 Å². The van der Waals surface area contributed by atoms with Gasteiger partial charge in [0.05, 0.1) is 0 Å². The molecule has 1 rings (SSSR count). The molecule has 0 saturated carbocycles. The molecule has 72 valence electrons. The average Bonchev–Trinajstić information content (AvgIpc) is 2.09. The van der Waals surface area contributed by atoms with Gasteiger partial charge in [0.2, 0.25) is 0 Å². The third kappa shape index (κ3) is 2.88. The van der Waals surface area contributed by atoms with Crippen molar-refractivity contribution < 1.29 is 0 Å². The van der Waals surface area contributed by atoms with Crippen molar-refractivity contribution in [1.29, 1.82) is 0 Å². The molecule has 0 atom stereocenters. The highest BCUT2D eigenvalue weighted by Crippen LogP contribution is 2.08. The van der Waals surface area contributed by atoms with Crippen LogP contribution in [0.4, 0.5) is 0 Å². The predicted molar refractivity (Wildman–Crippen MR) is 61.5 cm³/mol. The van der Waals surface area contributed by atoms with Crippen LogP contribution >= 0.6 is 27.7 Å². The normalized spacial score (nSPS) is 10.4. The Bertz CT molecular complexity index is 348. The summed E-state index contributed by atoms with van der Waals surface area (Å²) in [5.74, 6) is 0.968. The van der Waals surface area contributed by atoms with Gasteiger partial charge in [0, 0.05) is 28.5 Å². The van der Waals surface area contributed by atoms with E-state index in [-0.39, 0.29) is 5.56 Å². The second kappa shape index (κ2) is 4.86. The number of halogens is 1. The third-order valence-corrected chi connectivity index (χ3v) is 2.79. The molecule has 0 saturated heterocycles. The molecular weight excluding hydrogens is 250 g/mol. The van der Waals surface area contributed by atoms with Crippen LogP contribution in [-0.4, -0.2) is 16.6 Å². The largest absolute Gasteiger partial charge is 0.313 e. The molecular formula is C9H12BrNOS. The van der Waals surface area contributed by atoms with Gasteiger partial charge < -0.3 is 4.57 Å². The number of aryl methyl sites for hydroxylation is 2. The molecule has 0 aromatic carbocycles. The molecule has 1 heterocycles. The summed E-state index contributed by atoms with van der Waals surface area (Å²) in [6.45, 7) is 2.61. The van der Waals surface area contributed by atoms with Crippen molar-refractivity contribution in [2.45, 2.75) is 13.5 Å². The minimum atomic E-state index is 0.109. The SMILES string of the molecule is CSCCn1cc(Br)cc(C)c1=O. The molecule has 0 fully saturated rings. The molecule has 4 heteroatoms. The first kappa shape index (κ1) is 10.9. The van der Waals surface area contributed by atoms with Crippen LogP contribution in [-0.2, 0) is 6.54 Å². The number of pyridine rings is 1. The van der Waals surface area contributed by atoms with Crippen LogP contribution in [0, 0.1) is 6.92 Å². The van der Waals surface area contributed by atoms with Gasteiger partial charge in [0.15, 0.2) is 0 Å². The van der Waals surface area contributed by atoms with E-state index in [0.717, 1.165) is 22.3 Å². The minimum Gasteiger partial charge on any atom is -0.313 e. The summed E-state index contributed by atoms with van der Waals surface area (Å²) in [6, 6.07) is 1.85. The quantitative estimate of drug-likeness (QED) is 0.833. The van der Waals surface area contributed by atoms with E-state index in [2.05, 4.69) is 15.9 Å². The lowest BCUT2D eigenvalue weighted by molar-refractivity contribution is 0.726. The molecule has 0 amide bonds. The van der Waals surface area contributed by atoms with Gasteiger partial charge in [-0.2, -0.15) is 11.8 Å². The van der Waals surface area contributed by atoms with Crippen LogP contribution in [0.1, 0.15) is 5.56 Å². The number of rotatable bonds is 3. The monoisotopic (exact) mass is 261 g/mol. The maximum Gasteiger partial charge on any atom is 0.253 e. The summed E-state index contributed by atoms with van der Waals surface area (Å²) in [5, 5.41) is 0. The first-order chi connectivity index (χ1) is 6.15. The van der Waals surface area contributed by atoms with Crippen molar-refractivity contribution in [1.82, 2.24) is 4.57 Å². The highest BCUT2D eigenvalue weighted by Gasteiger charge is 2.00. The Kier molecular flexibility index (Phi) is 4.06. The standard InChI is InChI=1S/C9H12BrNOS/c1-7-5-8(10)6-11(9(7)12)3-4-13-2/h5-6H,3-4H2,1-2H3. The minimum absolute atomic E-state index is 0.109. The van der Waals surface area contributed by atoms with E-state index in [1.807, 2.05) is 25.4 Å². The molecule has 1 aromatic rings. The van der Waals surface area contributed by atoms with Gasteiger partial charge in [0.25, 0.3) is 5.56 Å². The number of thioether (sulfide) groups is 1. The van der Waals surface area contributed by atoms with Crippen LogP contribution < -0.4 is 5.56 Å². The van der Waals surface area contributed by atoms with Gasteiger partial charge in [-0.1, -0.05) is 0 Å². The Balaban J connectivity index is 2.99. The van der Waals surface area contributed by atoms with E-state index < -0.39 is 0 Å². The topological polar surface area (TPSA) is 22.0 Å². The van der Waals surface area contributed by atoms with E-state index in [1.54, 1.807) is 16.3 Å². The van der Waals surface area contributed by atoms with Crippen molar-refractivity contribution >= 4 is 27.7 Å². The molecule has 1 aromatic heterocycles. The van der Waals surface area contributed by atoms with E-state index >= 15 is 0 Å². The van der Waals surface area contributed by atoms with Crippen LogP contribution in [0.3, 0.4) is 0 Å². The highest BCUT2D eigenvalue weighted by atomic mass is 79.9. The highest BCUT2D eigenvalue weighted by molar-refractivity contribution is 9.10. The molecule has 0 bridgehead atoms. The lowest BCUT2D eigenvalue weighted by Gasteiger charge is -2.05. The maximum absolute atomic E-state index is 11.6. The number of hydrogen-bond donors (Lipinski definition) is 0. The van der Waals surface area contributed by atoms with Gasteiger partial charge in [-0.05, 0) is 35.2 Å². The summed E-state index contributed by atoms with van der Waals surface area (Å²) in [5.41, 5.74) is 0.896. The van der Waals surface area contributed by atoms with Crippen molar-refractivity contribution in [3.8, 4) is 0 Å². The third-order valence-electron chi connectivity index (χ3n) is 1.77. The van der Waals surface area contributed by atoms with Crippen LogP contribution in [0.25, 0.3) is 0 Å². The number of hydrogen-bond acceptors (Lipinski definition) is 2. The fraction of sp³-hybridized carbons (Fsp3) is 0.444. The van der Waals surface area contributed by atoms with E-state index in [0.29, 0.717) is 0 Å². The van der Waals surface area contributed by atoms with Crippen LogP contribution in [0.15, 0.2) is 21.5 Å². The van der Waals surface area contributed by atoms with E-state index in [9.17, 15) is 4.79 Å². The fourth-order valence-corrected chi connectivity index (χ4v) is 2.07. The predicted octanol–water partition coefficient (Wildman–Crippen LogP) is 2.28. The van der Waals surface area contributed by atoms with E-state index in [1.165, 1.54) is 0 Å². The Morgan fingerprint density at radius 3 is 2.92 bits per heavy atom. The zero-order chi connectivity index (χ0) is 9.84. The lowest BCUT2D eigenvalue weighted by atomic mass is 10.3. The van der Waals surface area contributed by atoms with Crippen molar-refractivity contribution in [2.24, 2.45) is 0 Å². The molecule has 0 unspecified atom stereocenters. The first-order valence-electron chi connectivity index (χ1n) is 4.00. The van der Waals surface area contributed by atoms with Gasteiger partial charge in [-0.15, -0.1) is 0 Å². The van der Waals surface area contributed by atoms with Crippen LogP contribution in [0.5, 0.6) is 0 Å². The lowest BCUT2D eigenvalue weighted by Crippen LogP contribution is -2.22. The summed E-state index contributed by atoms with van der Waals surface area (Å²) < 4.78 is 2.71. The molecule has 0 spiro atoms. The van der Waals surface area contributed by atoms with Crippen molar-refractivity contribution in [3.05, 3.63) is 32.7 Å². The molecule has 0 aliphatic rings. The number of aromatic nitrogens is 1. The van der Waals surface area contributed by atoms with Gasteiger partial charge in [0.1, 0.15) is 0 Å². The average molecular weight is 262 g/mol. The second-order valence-corrected chi connectivity index (χ2v) is 4.73. The molecule has 13 heavy (non-hydrogen) atoms. The molecule has 0 radical (unpaired) electrons. The first-order valence-corrected chi connectivity index (χ1v) is 6.19. The molecule has 2 nitrogen and oxygen atoms in total. The van der Waals surface area contributed by atoms with Gasteiger partial charge in [-0.25, -0.2) is 0 Å². The Morgan fingerprint density at radius 1 is 1.62 bits per heavy atom. The molecule has 0 aliphatic heterocycles. The zero-order valence-electron chi connectivity index (χ0n) is 7.71. The summed E-state index contributed by atoms with van der Waals surface area (Å²) in [7, 11) is 0. The number of nitrogens with zero attached hydrogens (tertiary/aromatic N) is 1. The van der Waals surface area contributed by atoms with Crippen molar-refractivity contribution in [2.75, 3.05) is 12.0 Å². The Morgan fingerprint density at radius 2 is 2.31 bits per heavy atom. The summed E-state index contributed by atoms with van der Waals surface area (Å²) in [4.78, 5) is 11.6. The van der Waals surface area contributed by atoms with Crippen LogP contribution in [0.2, 0.25) is 0 Å².